The molecule has 80 valence electrons. The van der Waals surface area contributed by atoms with E-state index in [1.165, 1.54) is 19.3 Å². The first-order chi connectivity index (χ1) is 7.04. The Bertz CT molecular complexity index is 415. The molecule has 0 aliphatic carbocycles. The van der Waals surface area contributed by atoms with E-state index in [0.29, 0.717) is 22.0 Å². The third kappa shape index (κ3) is 2.89. The summed E-state index contributed by atoms with van der Waals surface area (Å²) in [6.45, 7) is 0. The van der Waals surface area contributed by atoms with Crippen LogP contribution in [0.1, 0.15) is 5.56 Å². The van der Waals surface area contributed by atoms with Gasteiger partial charge in [0.05, 0.1) is 12.1 Å². The van der Waals surface area contributed by atoms with E-state index in [1.54, 1.807) is 6.07 Å². The number of nitrogen functional groups attached to an aromatic ring is 1. The summed E-state index contributed by atoms with van der Waals surface area (Å²) in [4.78, 5) is 10.3. The molecule has 0 bridgehead atoms. The summed E-state index contributed by atoms with van der Waals surface area (Å²) in [5, 5.41) is 8.85. The second-order valence-electron chi connectivity index (χ2n) is 2.79. The molecule has 0 heterocycles. The van der Waals surface area contributed by atoms with Gasteiger partial charge in [-0.05, 0) is 18.2 Å². The number of carboxylic acid groups (broad SMARTS) is 1. The smallest absolute Gasteiger partial charge is 0.328 e. The number of methoxy groups -OCH3 is 1. The van der Waals surface area contributed by atoms with Gasteiger partial charge in [0.15, 0.2) is 0 Å². The van der Waals surface area contributed by atoms with Gasteiger partial charge >= 0.3 is 5.97 Å². The number of nitrogens with two attached hydrogens (primary N) is 1. The van der Waals surface area contributed by atoms with Crippen LogP contribution in [0.2, 0.25) is 5.02 Å². The molecule has 4 nitrogen and oxygen atoms in total. The molecular weight excluding hydrogens is 218 g/mol. The van der Waals surface area contributed by atoms with Crippen LogP contribution in [0.3, 0.4) is 0 Å². The highest BCUT2D eigenvalue weighted by Crippen LogP contribution is 2.30. The maximum Gasteiger partial charge on any atom is 0.328 e. The van der Waals surface area contributed by atoms with Gasteiger partial charge < -0.3 is 15.6 Å². The van der Waals surface area contributed by atoms with Gasteiger partial charge in [0.2, 0.25) is 0 Å². The molecule has 0 unspecified atom stereocenters. The van der Waals surface area contributed by atoms with E-state index in [9.17, 15) is 4.79 Å². The lowest BCUT2D eigenvalue weighted by atomic mass is 10.1. The van der Waals surface area contributed by atoms with Gasteiger partial charge in [-0.1, -0.05) is 11.6 Å². The SMILES string of the molecule is COc1cc(/C=C/C(=O)O)c(N)cc1Cl. The molecule has 0 fully saturated rings. The van der Waals surface area contributed by atoms with Crippen molar-refractivity contribution >= 4 is 29.3 Å². The molecule has 1 aromatic rings. The van der Waals surface area contributed by atoms with Crippen molar-refractivity contribution in [1.82, 2.24) is 0 Å². The maximum absolute atomic E-state index is 10.3. The first-order valence-corrected chi connectivity index (χ1v) is 4.46. The fourth-order valence-corrected chi connectivity index (χ4v) is 1.30. The standard InChI is InChI=1S/C10H10ClNO3/c1-15-9-4-6(2-3-10(13)14)8(12)5-7(9)11/h2-5H,12H2,1H3,(H,13,14)/b3-2+. The summed E-state index contributed by atoms with van der Waals surface area (Å²) in [5.74, 6) is -0.584. The minimum Gasteiger partial charge on any atom is -0.495 e. The molecule has 0 aromatic heterocycles. The van der Waals surface area contributed by atoms with Gasteiger partial charge in [0, 0.05) is 17.3 Å². The molecule has 0 saturated carbocycles. The Kier molecular flexibility index (Phi) is 3.57. The summed E-state index contributed by atoms with van der Waals surface area (Å²) in [7, 11) is 1.47. The summed E-state index contributed by atoms with van der Waals surface area (Å²) in [6.07, 6.45) is 2.38. The Morgan fingerprint density at radius 1 is 1.60 bits per heavy atom. The van der Waals surface area contributed by atoms with Crippen molar-refractivity contribution in [3.8, 4) is 5.75 Å². The lowest BCUT2D eigenvalue weighted by Crippen LogP contribution is -1.93. The topological polar surface area (TPSA) is 72.5 Å². The molecule has 0 spiro atoms. The molecule has 15 heavy (non-hydrogen) atoms. The van der Waals surface area contributed by atoms with Gasteiger partial charge in [0.1, 0.15) is 5.75 Å². The van der Waals surface area contributed by atoms with E-state index in [1.807, 2.05) is 0 Å². The zero-order valence-corrected chi connectivity index (χ0v) is 8.78. The second kappa shape index (κ2) is 4.70. The number of halogens is 1. The van der Waals surface area contributed by atoms with Crippen LogP contribution in [-0.2, 0) is 4.79 Å². The van der Waals surface area contributed by atoms with Crippen molar-refractivity contribution in [2.24, 2.45) is 0 Å². The summed E-state index contributed by atoms with van der Waals surface area (Å²) >= 11 is 5.82. The van der Waals surface area contributed by atoms with E-state index in [0.717, 1.165) is 6.08 Å². The predicted molar refractivity (Wildman–Crippen MR) is 59.1 cm³/mol. The number of hydrogen-bond acceptors (Lipinski definition) is 3. The Morgan fingerprint density at radius 3 is 2.80 bits per heavy atom. The molecule has 0 radical (unpaired) electrons. The van der Waals surface area contributed by atoms with Crippen molar-refractivity contribution in [1.29, 1.82) is 0 Å². The molecule has 0 amide bonds. The molecule has 0 aliphatic rings. The monoisotopic (exact) mass is 227 g/mol. The molecular formula is C10H10ClNO3. The number of carbonyl (C=O) groups is 1. The van der Waals surface area contributed by atoms with Crippen molar-refractivity contribution in [2.75, 3.05) is 12.8 Å². The minimum atomic E-state index is -1.04. The number of rotatable bonds is 3. The van der Waals surface area contributed by atoms with Gasteiger partial charge in [0.25, 0.3) is 0 Å². The van der Waals surface area contributed by atoms with Gasteiger partial charge in [-0.2, -0.15) is 0 Å². The Hall–Kier alpha value is -1.68. The van der Waals surface area contributed by atoms with E-state index in [-0.39, 0.29) is 0 Å². The zero-order valence-electron chi connectivity index (χ0n) is 8.03. The Balaban J connectivity index is 3.13. The lowest BCUT2D eigenvalue weighted by Gasteiger charge is -2.06. The van der Waals surface area contributed by atoms with Crippen LogP contribution < -0.4 is 10.5 Å². The normalized spacial score (nSPS) is 10.5. The summed E-state index contributed by atoms with van der Waals surface area (Å²) in [6, 6.07) is 3.10. The number of benzene rings is 1. The molecule has 0 aliphatic heterocycles. The number of hydrogen-bond donors (Lipinski definition) is 2. The number of aliphatic carboxylic acids is 1. The first-order valence-electron chi connectivity index (χ1n) is 4.08. The van der Waals surface area contributed by atoms with Crippen LogP contribution in [-0.4, -0.2) is 18.2 Å². The first kappa shape index (κ1) is 11.4. The van der Waals surface area contributed by atoms with E-state index >= 15 is 0 Å². The van der Waals surface area contributed by atoms with Crippen LogP contribution in [0.5, 0.6) is 5.75 Å². The zero-order chi connectivity index (χ0) is 11.4. The van der Waals surface area contributed by atoms with Crippen LogP contribution in [0.25, 0.3) is 6.08 Å². The predicted octanol–water partition coefficient (Wildman–Crippen LogP) is 2.03. The highest BCUT2D eigenvalue weighted by molar-refractivity contribution is 6.32. The van der Waals surface area contributed by atoms with E-state index in [4.69, 9.17) is 27.2 Å². The molecule has 0 atom stereocenters. The maximum atomic E-state index is 10.3. The summed E-state index contributed by atoms with van der Waals surface area (Å²) < 4.78 is 4.98. The van der Waals surface area contributed by atoms with E-state index < -0.39 is 5.97 Å². The molecule has 1 aromatic carbocycles. The van der Waals surface area contributed by atoms with Crippen LogP contribution in [0.4, 0.5) is 5.69 Å². The van der Waals surface area contributed by atoms with Crippen LogP contribution in [0.15, 0.2) is 18.2 Å². The average molecular weight is 228 g/mol. The minimum absolute atomic E-state index is 0.391. The Morgan fingerprint density at radius 2 is 2.27 bits per heavy atom. The second-order valence-corrected chi connectivity index (χ2v) is 3.19. The highest BCUT2D eigenvalue weighted by Gasteiger charge is 2.04. The quantitative estimate of drug-likeness (QED) is 0.612. The molecule has 0 saturated heterocycles. The largest absolute Gasteiger partial charge is 0.495 e. The third-order valence-corrected chi connectivity index (χ3v) is 2.06. The number of anilines is 1. The van der Waals surface area contributed by atoms with Crippen molar-refractivity contribution < 1.29 is 14.6 Å². The molecule has 1 rings (SSSR count). The van der Waals surface area contributed by atoms with Gasteiger partial charge in [-0.25, -0.2) is 4.79 Å². The highest BCUT2D eigenvalue weighted by atomic mass is 35.5. The molecule has 3 N–H and O–H groups in total. The summed E-state index contributed by atoms with van der Waals surface area (Å²) in [5.41, 5.74) is 6.60. The van der Waals surface area contributed by atoms with Crippen molar-refractivity contribution in [3.63, 3.8) is 0 Å². The molecule has 5 heteroatoms. The average Bonchev–Trinajstić information content (AvgIpc) is 2.16. The third-order valence-electron chi connectivity index (χ3n) is 1.76. The Labute approximate surface area is 91.9 Å². The fraction of sp³-hybridized carbons (Fsp3) is 0.100. The number of ether oxygens (including phenoxy) is 1. The van der Waals surface area contributed by atoms with Crippen molar-refractivity contribution in [3.05, 3.63) is 28.8 Å². The van der Waals surface area contributed by atoms with Crippen molar-refractivity contribution in [2.45, 2.75) is 0 Å². The van der Waals surface area contributed by atoms with E-state index in [2.05, 4.69) is 0 Å². The van der Waals surface area contributed by atoms with Gasteiger partial charge in [-0.15, -0.1) is 0 Å². The lowest BCUT2D eigenvalue weighted by molar-refractivity contribution is -0.131. The number of carboxylic acids is 1. The van der Waals surface area contributed by atoms with Crippen LogP contribution in [0, 0.1) is 0 Å². The van der Waals surface area contributed by atoms with Gasteiger partial charge in [-0.3, -0.25) is 0 Å². The fourth-order valence-electron chi connectivity index (χ4n) is 1.05. The van der Waals surface area contributed by atoms with Crippen LogP contribution >= 0.6 is 11.6 Å².